The van der Waals surface area contributed by atoms with Gasteiger partial charge in [-0.1, -0.05) is 11.6 Å². The summed E-state index contributed by atoms with van der Waals surface area (Å²) in [5.41, 5.74) is -0.177. The van der Waals surface area contributed by atoms with Crippen molar-refractivity contribution in [3.05, 3.63) is 57.6 Å². The largest absolute Gasteiger partial charge is 0.497 e. The molecule has 0 heterocycles. The highest BCUT2D eigenvalue weighted by atomic mass is 35.5. The summed E-state index contributed by atoms with van der Waals surface area (Å²) in [4.78, 5) is 10.4. The van der Waals surface area contributed by atoms with Crippen molar-refractivity contribution in [2.24, 2.45) is 0 Å². The van der Waals surface area contributed by atoms with Crippen LogP contribution in [0.2, 0.25) is 5.02 Å². The second-order valence-electron chi connectivity index (χ2n) is 3.65. The molecule has 2 aromatic carbocycles. The number of hydrogen-bond donors (Lipinski definition) is 0. The second-order valence-corrected chi connectivity index (χ2v) is 4.08. The first-order valence-electron chi connectivity index (χ1n) is 5.36. The smallest absolute Gasteiger partial charge is 0.313 e. The molecule has 0 fully saturated rings. The Balaban J connectivity index is 2.29. The monoisotopic (exact) mass is 279 g/mol. The number of nitro groups is 1. The van der Waals surface area contributed by atoms with E-state index in [0.29, 0.717) is 11.5 Å². The Labute approximate surface area is 114 Å². The van der Waals surface area contributed by atoms with Gasteiger partial charge in [-0.3, -0.25) is 10.1 Å². The van der Waals surface area contributed by atoms with Gasteiger partial charge in [-0.25, -0.2) is 0 Å². The quantitative estimate of drug-likeness (QED) is 0.626. The van der Waals surface area contributed by atoms with Crippen molar-refractivity contribution in [1.29, 1.82) is 0 Å². The van der Waals surface area contributed by atoms with Crippen molar-refractivity contribution >= 4 is 17.3 Å². The van der Waals surface area contributed by atoms with Crippen molar-refractivity contribution in [3.8, 4) is 17.2 Å². The molecule has 0 spiro atoms. The van der Waals surface area contributed by atoms with Crippen LogP contribution in [0.1, 0.15) is 0 Å². The van der Waals surface area contributed by atoms with E-state index in [4.69, 9.17) is 21.1 Å². The van der Waals surface area contributed by atoms with Crippen LogP contribution in [-0.2, 0) is 0 Å². The topological polar surface area (TPSA) is 61.6 Å². The number of methoxy groups -OCH3 is 1. The number of halogens is 1. The van der Waals surface area contributed by atoms with E-state index in [9.17, 15) is 10.1 Å². The van der Waals surface area contributed by atoms with Crippen LogP contribution in [0.4, 0.5) is 5.69 Å². The summed E-state index contributed by atoms with van der Waals surface area (Å²) in [7, 11) is 1.56. The standard InChI is InChI=1S/C13H10ClNO4/c1-18-10-3-5-11(6-4-10)19-13-7-2-9(14)8-12(13)15(16)17/h2-8H,1H3. The SMILES string of the molecule is COc1ccc(Oc2ccc(Cl)cc2[N+](=O)[O-])cc1. The van der Waals surface area contributed by atoms with E-state index < -0.39 is 4.92 Å². The van der Waals surface area contributed by atoms with Gasteiger partial charge in [-0.05, 0) is 36.4 Å². The minimum absolute atomic E-state index is 0.138. The first-order chi connectivity index (χ1) is 9.10. The molecule has 98 valence electrons. The zero-order chi connectivity index (χ0) is 13.8. The predicted molar refractivity (Wildman–Crippen MR) is 71.2 cm³/mol. The zero-order valence-electron chi connectivity index (χ0n) is 10.00. The summed E-state index contributed by atoms with van der Waals surface area (Å²) < 4.78 is 10.5. The molecule has 0 N–H and O–H groups in total. The molecule has 6 heteroatoms. The zero-order valence-corrected chi connectivity index (χ0v) is 10.8. The van der Waals surface area contributed by atoms with Crippen LogP contribution in [0.15, 0.2) is 42.5 Å². The Hall–Kier alpha value is -2.27. The highest BCUT2D eigenvalue weighted by molar-refractivity contribution is 6.30. The number of rotatable bonds is 4. The van der Waals surface area contributed by atoms with E-state index in [1.54, 1.807) is 31.4 Å². The number of ether oxygens (including phenoxy) is 2. The fourth-order valence-corrected chi connectivity index (χ4v) is 1.66. The van der Waals surface area contributed by atoms with Gasteiger partial charge >= 0.3 is 5.69 Å². The normalized spacial score (nSPS) is 10.0. The number of hydrogen-bond acceptors (Lipinski definition) is 4. The molecule has 2 rings (SSSR count). The lowest BCUT2D eigenvalue weighted by Gasteiger charge is -2.07. The lowest BCUT2D eigenvalue weighted by atomic mass is 10.3. The van der Waals surface area contributed by atoms with Gasteiger partial charge in [0.05, 0.1) is 12.0 Å². The molecule has 0 atom stereocenters. The van der Waals surface area contributed by atoms with Crippen LogP contribution < -0.4 is 9.47 Å². The average molecular weight is 280 g/mol. The van der Waals surface area contributed by atoms with Gasteiger partial charge in [-0.2, -0.15) is 0 Å². The number of nitrogens with zero attached hydrogens (tertiary/aromatic N) is 1. The summed E-state index contributed by atoms with van der Waals surface area (Å²) in [6.45, 7) is 0. The van der Waals surface area contributed by atoms with E-state index >= 15 is 0 Å². The fourth-order valence-electron chi connectivity index (χ4n) is 1.49. The predicted octanol–water partition coefficient (Wildman–Crippen LogP) is 4.05. The molecule has 19 heavy (non-hydrogen) atoms. The first-order valence-corrected chi connectivity index (χ1v) is 5.74. The van der Waals surface area contributed by atoms with Crippen molar-refractivity contribution < 1.29 is 14.4 Å². The molecule has 0 aliphatic heterocycles. The van der Waals surface area contributed by atoms with Crippen LogP contribution in [0.5, 0.6) is 17.2 Å². The van der Waals surface area contributed by atoms with Crippen molar-refractivity contribution in [3.63, 3.8) is 0 Å². The molecule has 0 aromatic heterocycles. The Morgan fingerprint density at radius 2 is 1.74 bits per heavy atom. The van der Waals surface area contributed by atoms with Gasteiger partial charge in [0.1, 0.15) is 11.5 Å². The highest BCUT2D eigenvalue weighted by Gasteiger charge is 2.16. The molecule has 0 unspecified atom stereocenters. The molecular weight excluding hydrogens is 270 g/mol. The van der Waals surface area contributed by atoms with Gasteiger partial charge in [-0.15, -0.1) is 0 Å². The Morgan fingerprint density at radius 3 is 2.32 bits per heavy atom. The van der Waals surface area contributed by atoms with Crippen molar-refractivity contribution in [2.75, 3.05) is 7.11 Å². The number of nitro benzene ring substituents is 1. The van der Waals surface area contributed by atoms with E-state index in [2.05, 4.69) is 0 Å². The average Bonchev–Trinajstić information content (AvgIpc) is 2.41. The summed E-state index contributed by atoms with van der Waals surface area (Å²) in [5, 5.41) is 11.2. The molecule has 2 aromatic rings. The lowest BCUT2D eigenvalue weighted by Crippen LogP contribution is -1.93. The molecule has 0 bridgehead atoms. The Bertz CT molecular complexity index is 598. The summed E-state index contributed by atoms with van der Waals surface area (Å²) >= 11 is 5.73. The third-order valence-electron chi connectivity index (χ3n) is 2.40. The van der Waals surface area contributed by atoms with Crippen molar-refractivity contribution in [1.82, 2.24) is 0 Å². The van der Waals surface area contributed by atoms with Gasteiger partial charge in [0.15, 0.2) is 0 Å². The van der Waals surface area contributed by atoms with E-state index in [0.717, 1.165) is 0 Å². The van der Waals surface area contributed by atoms with E-state index in [1.165, 1.54) is 18.2 Å². The third kappa shape index (κ3) is 3.14. The van der Waals surface area contributed by atoms with Gasteiger partial charge in [0.25, 0.3) is 0 Å². The molecule has 0 aliphatic carbocycles. The van der Waals surface area contributed by atoms with Crippen LogP contribution in [0, 0.1) is 10.1 Å². The number of benzene rings is 2. The molecule has 0 aliphatic rings. The van der Waals surface area contributed by atoms with Gasteiger partial charge in [0, 0.05) is 11.1 Å². The second kappa shape index (κ2) is 5.58. The molecule has 5 nitrogen and oxygen atoms in total. The van der Waals surface area contributed by atoms with E-state index in [-0.39, 0.29) is 16.5 Å². The lowest BCUT2D eigenvalue weighted by molar-refractivity contribution is -0.385. The summed E-state index contributed by atoms with van der Waals surface area (Å²) in [5.74, 6) is 1.30. The van der Waals surface area contributed by atoms with Crippen molar-refractivity contribution in [2.45, 2.75) is 0 Å². The summed E-state index contributed by atoms with van der Waals surface area (Å²) in [6, 6.07) is 11.0. The van der Waals surface area contributed by atoms with Crippen LogP contribution in [0.25, 0.3) is 0 Å². The third-order valence-corrected chi connectivity index (χ3v) is 2.64. The maximum Gasteiger partial charge on any atom is 0.313 e. The minimum atomic E-state index is -0.537. The maximum atomic E-state index is 10.9. The molecule has 0 amide bonds. The highest BCUT2D eigenvalue weighted by Crippen LogP contribution is 2.33. The Kier molecular flexibility index (Phi) is 3.87. The van der Waals surface area contributed by atoms with Crippen LogP contribution in [-0.4, -0.2) is 12.0 Å². The summed E-state index contributed by atoms with van der Waals surface area (Å²) in [6.07, 6.45) is 0. The van der Waals surface area contributed by atoms with Crippen LogP contribution >= 0.6 is 11.6 Å². The molecule has 0 saturated heterocycles. The van der Waals surface area contributed by atoms with E-state index in [1.807, 2.05) is 0 Å². The molecular formula is C13H10ClNO4. The molecule has 0 saturated carbocycles. The first kappa shape index (κ1) is 13.2. The minimum Gasteiger partial charge on any atom is -0.497 e. The maximum absolute atomic E-state index is 10.9. The molecule has 0 radical (unpaired) electrons. The fraction of sp³-hybridized carbons (Fsp3) is 0.0769. The van der Waals surface area contributed by atoms with Gasteiger partial charge in [0.2, 0.25) is 5.75 Å². The van der Waals surface area contributed by atoms with Crippen LogP contribution in [0.3, 0.4) is 0 Å². The Morgan fingerprint density at radius 1 is 1.11 bits per heavy atom. The van der Waals surface area contributed by atoms with Gasteiger partial charge < -0.3 is 9.47 Å².